The van der Waals surface area contributed by atoms with Gasteiger partial charge >= 0.3 is 0 Å². The zero-order valence-electron chi connectivity index (χ0n) is 13.4. The van der Waals surface area contributed by atoms with Crippen LogP contribution in [0, 0.1) is 0 Å². The Morgan fingerprint density at radius 1 is 1.25 bits per heavy atom. The Bertz CT molecular complexity index is 439. The van der Waals surface area contributed by atoms with Gasteiger partial charge in [-0.25, -0.2) is 4.98 Å². The Morgan fingerprint density at radius 2 is 1.85 bits per heavy atom. The number of aromatic nitrogens is 1. The first kappa shape index (κ1) is 15.9. The van der Waals surface area contributed by atoms with Crippen molar-refractivity contribution < 1.29 is 0 Å². The summed E-state index contributed by atoms with van der Waals surface area (Å²) in [5, 5.41) is 1.21. The summed E-state index contributed by atoms with van der Waals surface area (Å²) in [7, 11) is 2.19. The second-order valence-corrected chi connectivity index (χ2v) is 7.86. The van der Waals surface area contributed by atoms with Crippen LogP contribution in [0.15, 0.2) is 0 Å². The molecular formula is C15H28N4S. The molecule has 1 aromatic rings. The molecule has 0 spiro atoms. The van der Waals surface area contributed by atoms with Gasteiger partial charge in [0.1, 0.15) is 5.01 Å². The first-order valence-corrected chi connectivity index (χ1v) is 8.29. The second kappa shape index (κ2) is 6.10. The van der Waals surface area contributed by atoms with Gasteiger partial charge in [0, 0.05) is 36.6 Å². The summed E-state index contributed by atoms with van der Waals surface area (Å²) in [4.78, 5) is 11.0. The third-order valence-corrected chi connectivity index (χ3v) is 5.18. The third-order valence-electron chi connectivity index (χ3n) is 3.78. The van der Waals surface area contributed by atoms with Gasteiger partial charge in [-0.1, -0.05) is 13.8 Å². The fourth-order valence-corrected chi connectivity index (χ4v) is 3.77. The number of hydrogen-bond donors (Lipinski definition) is 1. The molecule has 1 aromatic heterocycles. The number of hydrogen-bond acceptors (Lipinski definition) is 5. The van der Waals surface area contributed by atoms with E-state index in [9.17, 15) is 0 Å². The number of nitrogens with zero attached hydrogens (tertiary/aromatic N) is 3. The molecular weight excluding hydrogens is 268 g/mol. The molecule has 2 rings (SSSR count). The maximum Gasteiger partial charge on any atom is 0.107 e. The first-order chi connectivity index (χ1) is 9.27. The highest BCUT2D eigenvalue weighted by Gasteiger charge is 2.26. The molecule has 2 N–H and O–H groups in total. The minimum Gasteiger partial charge on any atom is -0.321 e. The molecule has 0 amide bonds. The lowest BCUT2D eigenvalue weighted by atomic mass is 9.98. The molecule has 0 radical (unpaired) electrons. The molecule has 1 aliphatic rings. The maximum absolute atomic E-state index is 6.31. The quantitative estimate of drug-likeness (QED) is 0.925. The Kier molecular flexibility index (Phi) is 4.84. The van der Waals surface area contributed by atoms with Gasteiger partial charge in [-0.15, -0.1) is 11.3 Å². The minimum atomic E-state index is -0.294. The van der Waals surface area contributed by atoms with E-state index in [-0.39, 0.29) is 5.54 Å². The molecule has 4 nitrogen and oxygen atoms in total. The van der Waals surface area contributed by atoms with E-state index in [0.29, 0.717) is 5.92 Å². The number of piperazine rings is 1. The lowest BCUT2D eigenvalue weighted by molar-refractivity contribution is 0.148. The van der Waals surface area contributed by atoms with Crippen molar-refractivity contribution in [3.63, 3.8) is 0 Å². The van der Waals surface area contributed by atoms with Crippen molar-refractivity contribution in [3.05, 3.63) is 15.6 Å². The van der Waals surface area contributed by atoms with Crippen LogP contribution in [-0.2, 0) is 12.1 Å². The predicted molar refractivity (Wildman–Crippen MR) is 86.2 cm³/mol. The Balaban J connectivity index is 2.13. The molecule has 0 bridgehead atoms. The summed E-state index contributed by atoms with van der Waals surface area (Å²) in [6.45, 7) is 14.1. The lowest BCUT2D eigenvalue weighted by Crippen LogP contribution is -2.43. The molecule has 0 aromatic carbocycles. The summed E-state index contributed by atoms with van der Waals surface area (Å²) in [5.41, 5.74) is 7.20. The van der Waals surface area contributed by atoms with Crippen molar-refractivity contribution in [1.82, 2.24) is 14.8 Å². The van der Waals surface area contributed by atoms with Crippen molar-refractivity contribution in [2.24, 2.45) is 5.73 Å². The van der Waals surface area contributed by atoms with Gasteiger partial charge in [-0.3, -0.25) is 4.90 Å². The molecule has 0 unspecified atom stereocenters. The minimum absolute atomic E-state index is 0.294. The van der Waals surface area contributed by atoms with E-state index >= 15 is 0 Å². The summed E-state index contributed by atoms with van der Waals surface area (Å²) < 4.78 is 0. The third kappa shape index (κ3) is 3.79. The van der Waals surface area contributed by atoms with Crippen LogP contribution in [0.2, 0.25) is 0 Å². The largest absolute Gasteiger partial charge is 0.321 e. The fraction of sp³-hybridized carbons (Fsp3) is 0.800. The number of thiazole rings is 1. The van der Waals surface area contributed by atoms with Crippen molar-refractivity contribution in [2.45, 2.75) is 45.7 Å². The van der Waals surface area contributed by atoms with E-state index in [1.807, 2.05) is 0 Å². The molecule has 114 valence electrons. The van der Waals surface area contributed by atoms with E-state index in [1.54, 1.807) is 11.3 Å². The normalized spacial score (nSPS) is 18.9. The van der Waals surface area contributed by atoms with Crippen LogP contribution < -0.4 is 5.73 Å². The van der Waals surface area contributed by atoms with E-state index in [1.165, 1.54) is 15.6 Å². The van der Waals surface area contributed by atoms with Gasteiger partial charge in [-0.05, 0) is 26.8 Å². The highest BCUT2D eigenvalue weighted by Crippen LogP contribution is 2.33. The van der Waals surface area contributed by atoms with Crippen LogP contribution in [0.5, 0.6) is 0 Å². The monoisotopic (exact) mass is 296 g/mol. The van der Waals surface area contributed by atoms with Gasteiger partial charge in [0.25, 0.3) is 0 Å². The molecule has 1 fully saturated rings. The Hall–Kier alpha value is -0.490. The van der Waals surface area contributed by atoms with E-state index in [0.717, 1.165) is 32.7 Å². The molecule has 2 heterocycles. The smallest absolute Gasteiger partial charge is 0.107 e. The lowest BCUT2D eigenvalue weighted by Gasteiger charge is -2.31. The van der Waals surface area contributed by atoms with Gasteiger partial charge in [0.15, 0.2) is 0 Å². The average Bonchev–Trinajstić information content (AvgIpc) is 2.76. The number of likely N-dealkylation sites (N-methyl/N-ethyl adjacent to an activating group) is 1. The predicted octanol–water partition coefficient (Wildman–Crippen LogP) is 2.21. The van der Waals surface area contributed by atoms with Crippen LogP contribution in [0.25, 0.3) is 0 Å². The zero-order chi connectivity index (χ0) is 14.9. The molecule has 1 aliphatic heterocycles. The number of nitrogens with two attached hydrogens (primary N) is 1. The summed E-state index contributed by atoms with van der Waals surface area (Å²) in [5.74, 6) is 0.435. The van der Waals surface area contributed by atoms with Crippen molar-refractivity contribution in [1.29, 1.82) is 0 Å². The standard InChI is InChI=1S/C15H28N4S/c1-11(2)13-14(15(3,4)16)20-12(17-13)10-19-8-6-18(5)7-9-19/h11H,6-10,16H2,1-5H3. The first-order valence-electron chi connectivity index (χ1n) is 7.47. The molecule has 0 aliphatic carbocycles. The van der Waals surface area contributed by atoms with Crippen molar-refractivity contribution in [3.8, 4) is 0 Å². The summed E-state index contributed by atoms with van der Waals surface area (Å²) in [6.07, 6.45) is 0. The van der Waals surface area contributed by atoms with Gasteiger partial charge in [-0.2, -0.15) is 0 Å². The van der Waals surface area contributed by atoms with Gasteiger partial charge < -0.3 is 10.6 Å². The number of rotatable bonds is 4. The van der Waals surface area contributed by atoms with E-state index in [2.05, 4.69) is 44.5 Å². The van der Waals surface area contributed by atoms with Gasteiger partial charge in [0.2, 0.25) is 0 Å². The maximum atomic E-state index is 6.31. The molecule has 0 atom stereocenters. The van der Waals surface area contributed by atoms with Crippen LogP contribution >= 0.6 is 11.3 Å². The molecule has 0 saturated carbocycles. The van der Waals surface area contributed by atoms with Crippen molar-refractivity contribution in [2.75, 3.05) is 33.2 Å². The van der Waals surface area contributed by atoms with Crippen LogP contribution in [0.1, 0.15) is 49.2 Å². The summed E-state index contributed by atoms with van der Waals surface area (Å²) in [6, 6.07) is 0. The molecule has 1 saturated heterocycles. The highest BCUT2D eigenvalue weighted by atomic mass is 32.1. The second-order valence-electron chi connectivity index (χ2n) is 6.78. The van der Waals surface area contributed by atoms with E-state index < -0.39 is 0 Å². The van der Waals surface area contributed by atoms with Crippen LogP contribution in [0.4, 0.5) is 0 Å². The highest BCUT2D eigenvalue weighted by molar-refractivity contribution is 7.11. The fourth-order valence-electron chi connectivity index (χ4n) is 2.50. The molecule has 5 heteroatoms. The van der Waals surface area contributed by atoms with Crippen LogP contribution in [0.3, 0.4) is 0 Å². The van der Waals surface area contributed by atoms with Crippen LogP contribution in [-0.4, -0.2) is 48.0 Å². The van der Waals surface area contributed by atoms with Crippen molar-refractivity contribution >= 4 is 11.3 Å². The average molecular weight is 296 g/mol. The summed E-state index contributed by atoms with van der Waals surface area (Å²) >= 11 is 1.80. The van der Waals surface area contributed by atoms with E-state index in [4.69, 9.17) is 10.7 Å². The SMILES string of the molecule is CC(C)c1nc(CN2CCN(C)CC2)sc1C(C)(C)N. The Morgan fingerprint density at radius 3 is 2.30 bits per heavy atom. The zero-order valence-corrected chi connectivity index (χ0v) is 14.3. The Labute approximate surface area is 127 Å². The van der Waals surface area contributed by atoms with Gasteiger partial charge in [0.05, 0.1) is 12.2 Å². The molecule has 20 heavy (non-hydrogen) atoms. The topological polar surface area (TPSA) is 45.4 Å².